The molecule has 0 saturated heterocycles. The molecule has 0 radical (unpaired) electrons. The highest BCUT2D eigenvalue weighted by Crippen LogP contribution is 2.43. The number of hydrogen-bond acceptors (Lipinski definition) is 4. The predicted octanol–water partition coefficient (Wildman–Crippen LogP) is 13.0. The predicted molar refractivity (Wildman–Crippen MR) is 236 cm³/mol. The number of nitrogens with zero attached hydrogens (tertiary/aromatic N) is 8. The molecule has 8 heteroatoms. The largest absolute Gasteiger partial charge is 0.309 e. The zero-order valence-electron chi connectivity index (χ0n) is 31.6. The molecule has 0 spiro atoms. The summed E-state index contributed by atoms with van der Waals surface area (Å²) in [6.07, 6.45) is 1.77. The molecular weight excluding hydrogens is 737 g/mol. The lowest BCUT2D eigenvalue weighted by molar-refractivity contribution is 1.13. The van der Waals surface area contributed by atoms with E-state index in [9.17, 15) is 15.8 Å². The van der Waals surface area contributed by atoms with E-state index in [1.54, 1.807) is 30.5 Å². The minimum absolute atomic E-state index is 0.416. The third-order valence-corrected chi connectivity index (χ3v) is 11.1. The van der Waals surface area contributed by atoms with E-state index in [-0.39, 0.29) is 0 Å². The topological polar surface area (TPSA) is 103 Å². The van der Waals surface area contributed by atoms with Crippen LogP contribution in [-0.2, 0) is 0 Å². The lowest BCUT2D eigenvalue weighted by Crippen LogP contribution is -2.03. The number of fused-ring (bicyclic) bond motifs is 6. The molecule has 0 N–H and O–H groups in total. The first kappa shape index (κ1) is 35.2. The first-order valence-electron chi connectivity index (χ1n) is 18.9. The zero-order chi connectivity index (χ0) is 40.9. The van der Waals surface area contributed by atoms with Gasteiger partial charge in [0.25, 0.3) is 0 Å². The number of hydrogen-bond donors (Lipinski definition) is 0. The SMILES string of the molecule is [C-]#[N+]c1ccc(-c2ccc3c(c2)c2ccccc2n3-c2ccc(C#N)cc2-c2ncccc2-n2c3ccccc3c3cc(-c4ccc(C#N)cc4[N+]#[C-])ccc32)c(C#N)c1. The number of benzene rings is 7. The molecular formula is C52H26N8. The quantitative estimate of drug-likeness (QED) is 0.163. The van der Waals surface area contributed by atoms with Gasteiger partial charge < -0.3 is 9.13 Å². The minimum Gasteiger partial charge on any atom is -0.309 e. The van der Waals surface area contributed by atoms with Crippen molar-refractivity contribution in [3.05, 3.63) is 197 Å². The molecule has 0 saturated carbocycles. The maximum Gasteiger partial charge on any atom is 0.196 e. The van der Waals surface area contributed by atoms with Gasteiger partial charge in [-0.25, -0.2) is 9.69 Å². The Morgan fingerprint density at radius 2 is 1.07 bits per heavy atom. The van der Waals surface area contributed by atoms with Crippen LogP contribution in [0.3, 0.4) is 0 Å². The third kappa shape index (κ3) is 5.45. The van der Waals surface area contributed by atoms with Gasteiger partial charge in [0.2, 0.25) is 0 Å². The third-order valence-electron chi connectivity index (χ3n) is 11.1. The molecule has 0 aliphatic heterocycles. The monoisotopic (exact) mass is 762 g/mol. The maximum atomic E-state index is 10.3. The Morgan fingerprint density at radius 1 is 0.467 bits per heavy atom. The van der Waals surface area contributed by atoms with Crippen LogP contribution in [0.25, 0.3) is 98.2 Å². The molecule has 0 fully saturated rings. The van der Waals surface area contributed by atoms with Crippen LogP contribution in [0.15, 0.2) is 158 Å². The van der Waals surface area contributed by atoms with Crippen molar-refractivity contribution >= 4 is 55.0 Å². The van der Waals surface area contributed by atoms with Gasteiger partial charge in [-0.3, -0.25) is 4.98 Å². The van der Waals surface area contributed by atoms with Crippen LogP contribution in [-0.4, -0.2) is 14.1 Å². The van der Waals surface area contributed by atoms with E-state index in [2.05, 4.69) is 85.6 Å². The van der Waals surface area contributed by atoms with Crippen LogP contribution in [0.1, 0.15) is 16.7 Å². The van der Waals surface area contributed by atoms with Crippen molar-refractivity contribution in [3.63, 3.8) is 0 Å². The minimum atomic E-state index is 0.416. The molecule has 7 aromatic carbocycles. The van der Waals surface area contributed by atoms with Gasteiger partial charge in [0.15, 0.2) is 11.4 Å². The Kier molecular flexibility index (Phi) is 8.23. The van der Waals surface area contributed by atoms with Crippen LogP contribution in [0.2, 0.25) is 0 Å². The fourth-order valence-electron chi connectivity index (χ4n) is 8.46. The van der Waals surface area contributed by atoms with Crippen LogP contribution >= 0.6 is 0 Å². The normalized spacial score (nSPS) is 10.9. The second kappa shape index (κ2) is 14.0. The number of rotatable bonds is 5. The summed E-state index contributed by atoms with van der Waals surface area (Å²) in [6, 6.07) is 55.6. The smallest absolute Gasteiger partial charge is 0.196 e. The molecule has 3 aromatic heterocycles. The van der Waals surface area contributed by atoms with Gasteiger partial charge in [-0.05, 0) is 107 Å². The van der Waals surface area contributed by atoms with Crippen LogP contribution < -0.4 is 0 Å². The maximum absolute atomic E-state index is 10.3. The number of aromatic nitrogens is 3. The summed E-state index contributed by atoms with van der Waals surface area (Å²) in [7, 11) is 0. The first-order valence-corrected chi connectivity index (χ1v) is 18.9. The highest BCUT2D eigenvalue weighted by molar-refractivity contribution is 6.13. The van der Waals surface area contributed by atoms with Crippen molar-refractivity contribution in [1.29, 1.82) is 15.8 Å². The number of pyridine rings is 1. The van der Waals surface area contributed by atoms with Crippen molar-refractivity contribution < 1.29 is 0 Å². The fourth-order valence-corrected chi connectivity index (χ4v) is 8.46. The van der Waals surface area contributed by atoms with E-state index < -0.39 is 0 Å². The van der Waals surface area contributed by atoms with Crippen LogP contribution in [0, 0.1) is 47.1 Å². The molecule has 3 heterocycles. The van der Waals surface area contributed by atoms with Gasteiger partial charge >= 0.3 is 0 Å². The number of para-hydroxylation sites is 2. The van der Waals surface area contributed by atoms with Gasteiger partial charge in [-0.15, -0.1) is 0 Å². The molecule has 60 heavy (non-hydrogen) atoms. The lowest BCUT2D eigenvalue weighted by atomic mass is 9.98. The molecule has 0 aliphatic rings. The van der Waals surface area contributed by atoms with E-state index in [0.717, 1.165) is 82.8 Å². The molecule has 0 aliphatic carbocycles. The molecule has 0 atom stereocenters. The molecule has 274 valence electrons. The molecule has 10 aromatic rings. The Morgan fingerprint density at radius 3 is 1.72 bits per heavy atom. The molecule has 8 nitrogen and oxygen atoms in total. The van der Waals surface area contributed by atoms with Crippen LogP contribution in [0.4, 0.5) is 11.4 Å². The second-order valence-corrected chi connectivity index (χ2v) is 14.3. The summed E-state index contributed by atoms with van der Waals surface area (Å²) in [5, 5.41) is 33.8. The zero-order valence-corrected chi connectivity index (χ0v) is 31.6. The highest BCUT2D eigenvalue weighted by atomic mass is 15.0. The second-order valence-electron chi connectivity index (χ2n) is 14.3. The number of nitriles is 3. The van der Waals surface area contributed by atoms with Gasteiger partial charge in [-0.1, -0.05) is 66.7 Å². The van der Waals surface area contributed by atoms with Crippen molar-refractivity contribution in [1.82, 2.24) is 14.1 Å². The average molecular weight is 763 g/mol. The summed E-state index contributed by atoms with van der Waals surface area (Å²) < 4.78 is 4.42. The summed E-state index contributed by atoms with van der Waals surface area (Å²) in [5.41, 5.74) is 12.3. The van der Waals surface area contributed by atoms with Crippen molar-refractivity contribution in [2.75, 3.05) is 0 Å². The van der Waals surface area contributed by atoms with E-state index in [1.807, 2.05) is 78.9 Å². The Bertz CT molecular complexity index is 3680. The summed E-state index contributed by atoms with van der Waals surface area (Å²) in [6.45, 7) is 15.3. The summed E-state index contributed by atoms with van der Waals surface area (Å²) in [5.74, 6) is 0. The molecule has 0 bridgehead atoms. The van der Waals surface area contributed by atoms with Gasteiger partial charge in [-0.2, -0.15) is 15.8 Å². The van der Waals surface area contributed by atoms with Crippen molar-refractivity contribution in [2.45, 2.75) is 0 Å². The van der Waals surface area contributed by atoms with Crippen LogP contribution in [0.5, 0.6) is 0 Å². The van der Waals surface area contributed by atoms with Crippen molar-refractivity contribution in [2.24, 2.45) is 0 Å². The van der Waals surface area contributed by atoms with Gasteiger partial charge in [0.1, 0.15) is 0 Å². The molecule has 0 unspecified atom stereocenters. The van der Waals surface area contributed by atoms with E-state index in [0.29, 0.717) is 33.8 Å². The summed E-state index contributed by atoms with van der Waals surface area (Å²) in [4.78, 5) is 12.3. The van der Waals surface area contributed by atoms with Gasteiger partial charge in [0.05, 0.1) is 76.1 Å². The standard InChI is InChI=1S/C52H26N8/c1-56-37-17-19-38(36(26-37)31-55)34-15-21-48-42(27-34)40-8-3-5-10-46(40)59(48)50-20-14-32(29-53)24-44(50)52-51(12-7-23-58-52)60-47-11-6-4-9-41(47)43-28-35(16-22-49(43)60)39-18-13-33(30-54)25-45(39)57-2/h3-28H. The van der Waals surface area contributed by atoms with Crippen molar-refractivity contribution in [3.8, 4) is 63.1 Å². The summed E-state index contributed by atoms with van der Waals surface area (Å²) >= 11 is 0. The van der Waals surface area contributed by atoms with Gasteiger partial charge in [0, 0.05) is 44.4 Å². The van der Waals surface area contributed by atoms with E-state index in [4.69, 9.17) is 18.1 Å². The lowest BCUT2D eigenvalue weighted by Gasteiger charge is -2.18. The molecule has 10 rings (SSSR count). The highest BCUT2D eigenvalue weighted by Gasteiger charge is 2.22. The molecule has 0 amide bonds. The Hall–Kier alpha value is -9.26. The average Bonchev–Trinajstić information content (AvgIpc) is 3.82. The fraction of sp³-hybridized carbons (Fsp3) is 0. The first-order chi connectivity index (χ1) is 29.5. The Balaban J connectivity index is 1.20. The Labute approximate surface area is 344 Å². The van der Waals surface area contributed by atoms with E-state index in [1.165, 1.54) is 0 Å². The van der Waals surface area contributed by atoms with E-state index >= 15 is 0 Å².